The lowest BCUT2D eigenvalue weighted by atomic mass is 9.79. The molecule has 5 nitrogen and oxygen atoms in total. The van der Waals surface area contributed by atoms with Gasteiger partial charge in [-0.1, -0.05) is 13.8 Å². The molecule has 2 N–H and O–H groups in total. The molecule has 0 atom stereocenters. The molecule has 25 heavy (non-hydrogen) atoms. The third-order valence-corrected chi connectivity index (χ3v) is 5.62. The van der Waals surface area contributed by atoms with Gasteiger partial charge < -0.3 is 20.1 Å². The molecule has 0 bridgehead atoms. The van der Waals surface area contributed by atoms with Crippen LogP contribution in [-0.2, 0) is 4.74 Å². The van der Waals surface area contributed by atoms with Gasteiger partial charge in [0.05, 0.1) is 0 Å². The van der Waals surface area contributed by atoms with Crippen molar-refractivity contribution in [3.63, 3.8) is 0 Å². The summed E-state index contributed by atoms with van der Waals surface area (Å²) in [6, 6.07) is 0. The number of halogens is 1. The average Bonchev–Trinajstić information content (AvgIpc) is 2.63. The highest BCUT2D eigenvalue weighted by Gasteiger charge is 2.25. The van der Waals surface area contributed by atoms with Crippen molar-refractivity contribution >= 4 is 29.9 Å². The Balaban J connectivity index is 0.00000576. The molecule has 150 valence electrons. The van der Waals surface area contributed by atoms with Crippen LogP contribution in [0.15, 0.2) is 4.99 Å². The maximum Gasteiger partial charge on any atom is 0.193 e. The van der Waals surface area contributed by atoms with Gasteiger partial charge in [-0.25, -0.2) is 0 Å². The Morgan fingerprint density at radius 2 is 1.88 bits per heavy atom. The third kappa shape index (κ3) is 8.91. The maximum absolute atomic E-state index is 9.39. The molecule has 0 aliphatic carbocycles. The lowest BCUT2D eigenvalue weighted by molar-refractivity contribution is 0.0625. The highest BCUT2D eigenvalue weighted by molar-refractivity contribution is 14.0. The first-order valence-electron chi connectivity index (χ1n) is 9.78. The molecular formula is C19H40IN3O2. The highest BCUT2D eigenvalue weighted by Crippen LogP contribution is 2.30. The summed E-state index contributed by atoms with van der Waals surface area (Å²) in [5.74, 6) is 1.78. The lowest BCUT2D eigenvalue weighted by Gasteiger charge is -2.31. The van der Waals surface area contributed by atoms with E-state index in [1.165, 1.54) is 19.3 Å². The van der Waals surface area contributed by atoms with Gasteiger partial charge in [0.25, 0.3) is 0 Å². The van der Waals surface area contributed by atoms with Crippen LogP contribution in [-0.4, -0.2) is 62.5 Å². The van der Waals surface area contributed by atoms with E-state index in [9.17, 15) is 5.11 Å². The van der Waals surface area contributed by atoms with Crippen LogP contribution in [0.3, 0.4) is 0 Å². The van der Waals surface area contributed by atoms with E-state index in [4.69, 9.17) is 9.73 Å². The Labute approximate surface area is 172 Å². The Morgan fingerprint density at radius 1 is 1.24 bits per heavy atom. The minimum atomic E-state index is 0. The second-order valence-electron chi connectivity index (χ2n) is 7.12. The van der Waals surface area contributed by atoms with Crippen molar-refractivity contribution in [3.05, 3.63) is 0 Å². The molecule has 1 rings (SSSR count). The summed E-state index contributed by atoms with van der Waals surface area (Å²) in [6.07, 6.45) is 6.51. The fourth-order valence-electron chi connectivity index (χ4n) is 3.37. The van der Waals surface area contributed by atoms with Gasteiger partial charge in [-0.05, 0) is 56.8 Å². The quantitative estimate of drug-likeness (QED) is 0.292. The first kappa shape index (κ1) is 24.9. The molecule has 0 radical (unpaired) electrons. The minimum absolute atomic E-state index is 0. The highest BCUT2D eigenvalue weighted by atomic mass is 127. The van der Waals surface area contributed by atoms with Gasteiger partial charge in [-0.15, -0.1) is 24.0 Å². The number of guanidine groups is 1. The van der Waals surface area contributed by atoms with Crippen LogP contribution >= 0.6 is 24.0 Å². The summed E-state index contributed by atoms with van der Waals surface area (Å²) >= 11 is 0. The molecule has 1 heterocycles. The van der Waals surface area contributed by atoms with Crippen LogP contribution in [0.1, 0.15) is 59.3 Å². The number of aliphatic imine (C=N–C) groups is 1. The summed E-state index contributed by atoms with van der Waals surface area (Å²) in [7, 11) is 2.13. The smallest absolute Gasteiger partial charge is 0.193 e. The van der Waals surface area contributed by atoms with E-state index in [-0.39, 0.29) is 36.0 Å². The zero-order chi connectivity index (χ0) is 17.8. The van der Waals surface area contributed by atoms with Crippen LogP contribution in [0.4, 0.5) is 0 Å². The molecule has 6 heteroatoms. The summed E-state index contributed by atoms with van der Waals surface area (Å²) in [6.45, 7) is 11.3. The van der Waals surface area contributed by atoms with E-state index in [2.05, 4.69) is 38.0 Å². The van der Waals surface area contributed by atoms with E-state index in [1.807, 2.05) is 0 Å². The average molecular weight is 469 g/mol. The molecule has 0 aromatic carbocycles. The predicted molar refractivity (Wildman–Crippen MR) is 117 cm³/mol. The number of ether oxygens (including phenoxy) is 1. The van der Waals surface area contributed by atoms with Gasteiger partial charge in [0.1, 0.15) is 0 Å². The fraction of sp³-hybridized carbons (Fsp3) is 0.947. The van der Waals surface area contributed by atoms with Gasteiger partial charge >= 0.3 is 0 Å². The van der Waals surface area contributed by atoms with Crippen molar-refractivity contribution in [1.82, 2.24) is 10.2 Å². The fourth-order valence-corrected chi connectivity index (χ4v) is 3.37. The van der Waals surface area contributed by atoms with Crippen LogP contribution in [0.25, 0.3) is 0 Å². The number of rotatable bonds is 10. The number of aliphatic hydroxyl groups excluding tert-OH is 1. The Kier molecular flexibility index (Phi) is 14.0. The lowest BCUT2D eigenvalue weighted by Crippen LogP contribution is -2.41. The number of nitrogens with zero attached hydrogens (tertiary/aromatic N) is 2. The molecule has 1 aliphatic heterocycles. The molecule has 1 aliphatic rings. The van der Waals surface area contributed by atoms with E-state index in [0.29, 0.717) is 0 Å². The van der Waals surface area contributed by atoms with Crippen molar-refractivity contribution < 1.29 is 9.84 Å². The predicted octanol–water partition coefficient (Wildman–Crippen LogP) is 3.51. The molecular weight excluding hydrogens is 429 g/mol. The van der Waals surface area contributed by atoms with Gasteiger partial charge in [-0.3, -0.25) is 4.99 Å². The molecule has 0 aromatic heterocycles. The Morgan fingerprint density at radius 3 is 2.40 bits per heavy atom. The molecule has 0 saturated carbocycles. The van der Waals surface area contributed by atoms with Crippen molar-refractivity contribution in [2.24, 2.45) is 16.3 Å². The molecule has 0 amide bonds. The second-order valence-corrected chi connectivity index (χ2v) is 7.12. The zero-order valence-electron chi connectivity index (χ0n) is 16.7. The van der Waals surface area contributed by atoms with Crippen molar-refractivity contribution in [2.45, 2.75) is 59.3 Å². The number of hydrogen-bond acceptors (Lipinski definition) is 3. The SMILES string of the molecule is CCNC(=NCC(CC)(CC)CCO)N(C)CCC1CCOCC1.I. The topological polar surface area (TPSA) is 57.1 Å². The third-order valence-electron chi connectivity index (χ3n) is 5.62. The first-order chi connectivity index (χ1) is 11.6. The van der Waals surface area contributed by atoms with Crippen LogP contribution in [0.5, 0.6) is 0 Å². The summed E-state index contributed by atoms with van der Waals surface area (Å²) in [4.78, 5) is 7.16. The van der Waals surface area contributed by atoms with Crippen molar-refractivity contribution in [1.29, 1.82) is 0 Å². The van der Waals surface area contributed by atoms with Crippen molar-refractivity contribution in [2.75, 3.05) is 46.5 Å². The number of nitrogens with one attached hydrogen (secondary N) is 1. The number of aliphatic hydroxyl groups is 1. The molecule has 0 aromatic rings. The van der Waals surface area contributed by atoms with Crippen molar-refractivity contribution in [3.8, 4) is 0 Å². The van der Waals surface area contributed by atoms with E-state index < -0.39 is 0 Å². The maximum atomic E-state index is 9.39. The standard InChI is InChI=1S/C19H39N3O2.HI/c1-5-19(6-2,11-13-23)16-21-18(20-7-3)22(4)12-8-17-9-14-24-15-10-17;/h17,23H,5-16H2,1-4H3,(H,20,21);1H. The molecule has 1 fully saturated rings. The van der Waals surface area contributed by atoms with Gasteiger partial charge in [0, 0.05) is 46.5 Å². The minimum Gasteiger partial charge on any atom is -0.396 e. The largest absolute Gasteiger partial charge is 0.396 e. The van der Waals surface area contributed by atoms with Gasteiger partial charge in [-0.2, -0.15) is 0 Å². The number of hydrogen-bond donors (Lipinski definition) is 2. The zero-order valence-corrected chi connectivity index (χ0v) is 19.1. The van der Waals surface area contributed by atoms with Gasteiger partial charge in [0.15, 0.2) is 5.96 Å². The molecule has 0 spiro atoms. The summed E-state index contributed by atoms with van der Waals surface area (Å²) in [5.41, 5.74) is 0.122. The summed E-state index contributed by atoms with van der Waals surface area (Å²) < 4.78 is 5.45. The Bertz CT molecular complexity index is 357. The summed E-state index contributed by atoms with van der Waals surface area (Å²) in [5, 5.41) is 12.8. The van der Waals surface area contributed by atoms with Crippen LogP contribution < -0.4 is 5.32 Å². The van der Waals surface area contributed by atoms with E-state index in [0.717, 1.165) is 64.0 Å². The van der Waals surface area contributed by atoms with Gasteiger partial charge in [0.2, 0.25) is 0 Å². The van der Waals surface area contributed by atoms with Crippen LogP contribution in [0.2, 0.25) is 0 Å². The Hall–Kier alpha value is -0.0800. The molecule has 0 unspecified atom stereocenters. The second kappa shape index (κ2) is 14.0. The van der Waals surface area contributed by atoms with E-state index in [1.54, 1.807) is 0 Å². The monoisotopic (exact) mass is 469 g/mol. The van der Waals surface area contributed by atoms with Crippen LogP contribution in [0, 0.1) is 11.3 Å². The normalized spacial score (nSPS) is 16.4. The molecule has 1 saturated heterocycles. The van der Waals surface area contributed by atoms with E-state index >= 15 is 0 Å². The first-order valence-corrected chi connectivity index (χ1v) is 9.78.